The van der Waals surface area contributed by atoms with Crippen LogP contribution in [0.2, 0.25) is 5.02 Å². The van der Waals surface area contributed by atoms with E-state index in [-0.39, 0.29) is 33.4 Å². The number of carboxylic acid groups (broad SMARTS) is 1. The second-order valence-corrected chi connectivity index (χ2v) is 6.81. The van der Waals surface area contributed by atoms with Crippen LogP contribution in [0, 0.1) is 11.3 Å². The highest BCUT2D eigenvalue weighted by molar-refractivity contribution is 6.33. The Kier molecular flexibility index (Phi) is 6.37. The van der Waals surface area contributed by atoms with Gasteiger partial charge in [-0.2, -0.15) is 18.4 Å². The van der Waals surface area contributed by atoms with Gasteiger partial charge in [-0.1, -0.05) is 17.7 Å². The van der Waals surface area contributed by atoms with Gasteiger partial charge < -0.3 is 14.8 Å². The average Bonchev–Trinajstić information content (AvgIpc) is 3.20. The summed E-state index contributed by atoms with van der Waals surface area (Å²) in [5.41, 5.74) is -1.24. The van der Waals surface area contributed by atoms with E-state index in [1.807, 2.05) is 0 Å². The number of furan rings is 1. The number of benzene rings is 2. The van der Waals surface area contributed by atoms with E-state index >= 15 is 0 Å². The van der Waals surface area contributed by atoms with Gasteiger partial charge in [0.05, 0.1) is 16.1 Å². The summed E-state index contributed by atoms with van der Waals surface area (Å²) in [6.45, 7) is 0. The zero-order chi connectivity index (χ0) is 23.5. The molecule has 1 amide bonds. The molecular formula is C22H12ClF3N2O4. The van der Waals surface area contributed by atoms with E-state index in [4.69, 9.17) is 21.1 Å². The first kappa shape index (κ1) is 22.7. The standard InChI is InChI=1S/C22H12ClF3N2O4/c23-18-6-4-12(21(30)31)9-17(18)19-7-5-16(32-19)8-13(11-27)20(29)28-15-3-1-2-14(10-15)22(24,25)26/h1-10H,(H,28,29)(H,30,31)/b13-8-. The second kappa shape index (κ2) is 8.99. The Labute approximate surface area is 184 Å². The van der Waals surface area contributed by atoms with Crippen LogP contribution < -0.4 is 5.32 Å². The highest BCUT2D eigenvalue weighted by atomic mass is 35.5. The number of carbonyl (C=O) groups is 2. The van der Waals surface area contributed by atoms with E-state index in [2.05, 4.69) is 5.32 Å². The number of nitriles is 1. The lowest BCUT2D eigenvalue weighted by atomic mass is 10.1. The van der Waals surface area contributed by atoms with Gasteiger partial charge in [0.15, 0.2) is 0 Å². The zero-order valence-corrected chi connectivity index (χ0v) is 16.7. The Morgan fingerprint density at radius 3 is 2.53 bits per heavy atom. The monoisotopic (exact) mass is 460 g/mol. The van der Waals surface area contributed by atoms with E-state index in [9.17, 15) is 28.0 Å². The number of carboxylic acids is 1. The molecule has 10 heteroatoms. The Morgan fingerprint density at radius 1 is 1.12 bits per heavy atom. The highest BCUT2D eigenvalue weighted by Crippen LogP contribution is 2.32. The highest BCUT2D eigenvalue weighted by Gasteiger charge is 2.30. The van der Waals surface area contributed by atoms with Crippen LogP contribution in [0.25, 0.3) is 17.4 Å². The maximum Gasteiger partial charge on any atom is 0.416 e. The number of aromatic carboxylic acids is 1. The molecule has 32 heavy (non-hydrogen) atoms. The quantitative estimate of drug-likeness (QED) is 0.366. The van der Waals surface area contributed by atoms with Crippen LogP contribution >= 0.6 is 11.6 Å². The van der Waals surface area contributed by atoms with Gasteiger partial charge in [0.2, 0.25) is 0 Å². The molecule has 0 bridgehead atoms. The average molecular weight is 461 g/mol. The number of anilines is 1. The van der Waals surface area contributed by atoms with E-state index in [1.165, 1.54) is 36.4 Å². The van der Waals surface area contributed by atoms with Gasteiger partial charge in [-0.25, -0.2) is 4.79 Å². The second-order valence-electron chi connectivity index (χ2n) is 6.40. The van der Waals surface area contributed by atoms with Crippen molar-refractivity contribution in [3.63, 3.8) is 0 Å². The smallest absolute Gasteiger partial charge is 0.416 e. The first-order valence-corrected chi connectivity index (χ1v) is 9.20. The van der Waals surface area contributed by atoms with Gasteiger partial charge in [0, 0.05) is 17.3 Å². The molecule has 2 N–H and O–H groups in total. The molecule has 0 aliphatic rings. The molecule has 2 aromatic carbocycles. The van der Waals surface area contributed by atoms with Crippen molar-refractivity contribution >= 4 is 35.2 Å². The molecule has 0 saturated heterocycles. The van der Waals surface area contributed by atoms with Crippen molar-refractivity contribution < 1.29 is 32.3 Å². The largest absolute Gasteiger partial charge is 0.478 e. The number of rotatable bonds is 5. The third-order valence-corrected chi connectivity index (χ3v) is 4.53. The van der Waals surface area contributed by atoms with Gasteiger partial charge in [0.1, 0.15) is 23.2 Å². The number of halogens is 4. The summed E-state index contributed by atoms with van der Waals surface area (Å²) < 4.78 is 44.0. The Hall–Kier alpha value is -4.03. The minimum Gasteiger partial charge on any atom is -0.478 e. The van der Waals surface area contributed by atoms with E-state index in [0.29, 0.717) is 0 Å². The molecule has 0 spiro atoms. The Bertz CT molecular complexity index is 1270. The molecule has 1 aromatic heterocycles. The lowest BCUT2D eigenvalue weighted by molar-refractivity contribution is -0.137. The minimum absolute atomic E-state index is 0.0175. The number of carbonyl (C=O) groups excluding carboxylic acids is 1. The normalized spacial score (nSPS) is 11.7. The van der Waals surface area contributed by atoms with Crippen LogP contribution in [0.5, 0.6) is 0 Å². The molecule has 1 heterocycles. The van der Waals surface area contributed by atoms with Crippen molar-refractivity contribution in [3.8, 4) is 17.4 Å². The van der Waals surface area contributed by atoms with Crippen LogP contribution in [0.3, 0.4) is 0 Å². The topological polar surface area (TPSA) is 103 Å². The molecule has 0 atom stereocenters. The summed E-state index contributed by atoms with van der Waals surface area (Å²) >= 11 is 6.10. The summed E-state index contributed by atoms with van der Waals surface area (Å²) in [7, 11) is 0. The van der Waals surface area contributed by atoms with Crippen LogP contribution in [-0.2, 0) is 11.0 Å². The van der Waals surface area contributed by atoms with E-state index < -0.39 is 29.2 Å². The van der Waals surface area contributed by atoms with E-state index in [0.717, 1.165) is 24.3 Å². The molecule has 0 fully saturated rings. The van der Waals surface area contributed by atoms with Gasteiger partial charge in [-0.15, -0.1) is 0 Å². The fourth-order valence-corrected chi connectivity index (χ4v) is 2.90. The maximum atomic E-state index is 12.8. The summed E-state index contributed by atoms with van der Waals surface area (Å²) in [5.74, 6) is -1.82. The first-order chi connectivity index (χ1) is 15.1. The molecule has 0 unspecified atom stereocenters. The number of amides is 1. The van der Waals surface area contributed by atoms with Crippen molar-refractivity contribution in [2.75, 3.05) is 5.32 Å². The fraction of sp³-hybridized carbons (Fsp3) is 0.0455. The number of alkyl halides is 3. The Morgan fingerprint density at radius 2 is 1.88 bits per heavy atom. The summed E-state index contributed by atoms with van der Waals surface area (Å²) in [6, 6.07) is 12.6. The van der Waals surface area contributed by atoms with Gasteiger partial charge in [-0.3, -0.25) is 4.79 Å². The molecule has 0 saturated carbocycles. The minimum atomic E-state index is -4.58. The van der Waals surface area contributed by atoms with Crippen LogP contribution in [-0.4, -0.2) is 17.0 Å². The molecule has 162 valence electrons. The predicted molar refractivity (Wildman–Crippen MR) is 110 cm³/mol. The number of nitrogens with zero attached hydrogens (tertiary/aromatic N) is 1. The fourth-order valence-electron chi connectivity index (χ4n) is 2.68. The van der Waals surface area contributed by atoms with Crippen LogP contribution in [0.15, 0.2) is 64.6 Å². The van der Waals surface area contributed by atoms with Gasteiger partial charge in [-0.05, 0) is 48.5 Å². The Balaban J connectivity index is 1.85. The number of nitrogens with one attached hydrogen (secondary N) is 1. The SMILES string of the molecule is N#C/C(=C/c1ccc(-c2cc(C(=O)O)ccc2Cl)o1)C(=O)Nc1cccc(C(F)(F)F)c1. The third-order valence-electron chi connectivity index (χ3n) is 4.20. The van der Waals surface area contributed by atoms with Crippen molar-refractivity contribution in [2.24, 2.45) is 0 Å². The third kappa shape index (κ3) is 5.17. The summed E-state index contributed by atoms with van der Waals surface area (Å²) in [4.78, 5) is 23.5. The summed E-state index contributed by atoms with van der Waals surface area (Å²) in [6.07, 6.45) is -3.49. The van der Waals surface area contributed by atoms with Crippen LogP contribution in [0.1, 0.15) is 21.7 Å². The lowest BCUT2D eigenvalue weighted by Gasteiger charge is -2.09. The van der Waals surface area contributed by atoms with Crippen LogP contribution in [0.4, 0.5) is 18.9 Å². The molecule has 0 radical (unpaired) electrons. The maximum absolute atomic E-state index is 12.8. The zero-order valence-electron chi connectivity index (χ0n) is 15.9. The van der Waals surface area contributed by atoms with Gasteiger partial charge in [0.25, 0.3) is 5.91 Å². The molecule has 6 nitrogen and oxygen atoms in total. The number of hydrogen-bond donors (Lipinski definition) is 2. The molecule has 3 rings (SSSR count). The molecule has 3 aromatic rings. The van der Waals surface area contributed by atoms with Gasteiger partial charge >= 0.3 is 12.1 Å². The molecular weight excluding hydrogens is 449 g/mol. The van der Waals surface area contributed by atoms with Crippen molar-refractivity contribution in [1.82, 2.24) is 0 Å². The van der Waals surface area contributed by atoms with E-state index in [1.54, 1.807) is 6.07 Å². The lowest BCUT2D eigenvalue weighted by Crippen LogP contribution is -2.14. The molecule has 0 aliphatic heterocycles. The predicted octanol–water partition coefficient (Wildman–Crippen LogP) is 5.86. The van der Waals surface area contributed by atoms with Crippen molar-refractivity contribution in [3.05, 3.63) is 82.1 Å². The van der Waals surface area contributed by atoms with Crippen molar-refractivity contribution in [1.29, 1.82) is 5.26 Å². The number of hydrogen-bond acceptors (Lipinski definition) is 4. The molecule has 0 aliphatic carbocycles. The first-order valence-electron chi connectivity index (χ1n) is 8.82. The summed E-state index contributed by atoms with van der Waals surface area (Å²) in [5, 5.41) is 20.9. The van der Waals surface area contributed by atoms with Crippen molar-refractivity contribution in [2.45, 2.75) is 6.18 Å².